The molecule has 0 radical (unpaired) electrons. The van der Waals surface area contributed by atoms with Gasteiger partial charge in [-0.2, -0.15) is 0 Å². The smallest absolute Gasteiger partial charge is 0.222 e. The fourth-order valence-corrected chi connectivity index (χ4v) is 5.13. The van der Waals surface area contributed by atoms with E-state index in [2.05, 4.69) is 25.8 Å². The molecule has 1 aromatic heterocycles. The van der Waals surface area contributed by atoms with Gasteiger partial charge in [0.25, 0.3) is 0 Å². The predicted molar refractivity (Wildman–Crippen MR) is 117 cm³/mol. The Bertz CT molecular complexity index is 674. The van der Waals surface area contributed by atoms with Crippen LogP contribution in [-0.2, 0) is 4.79 Å². The van der Waals surface area contributed by atoms with Crippen LogP contribution < -0.4 is 9.80 Å². The molecule has 1 saturated carbocycles. The van der Waals surface area contributed by atoms with Gasteiger partial charge < -0.3 is 14.7 Å². The van der Waals surface area contributed by atoms with E-state index in [0.717, 1.165) is 75.5 Å². The van der Waals surface area contributed by atoms with Crippen LogP contribution in [0.4, 0.5) is 11.6 Å². The van der Waals surface area contributed by atoms with E-state index >= 15 is 0 Å². The van der Waals surface area contributed by atoms with Gasteiger partial charge in [0.05, 0.1) is 0 Å². The zero-order valence-corrected chi connectivity index (χ0v) is 18.1. The van der Waals surface area contributed by atoms with Crippen LogP contribution in [0, 0.1) is 12.8 Å². The van der Waals surface area contributed by atoms with Crippen LogP contribution in [0.2, 0.25) is 0 Å². The van der Waals surface area contributed by atoms with Crippen LogP contribution in [0.5, 0.6) is 0 Å². The number of piperidine rings is 1. The molecule has 0 aromatic carbocycles. The van der Waals surface area contributed by atoms with Crippen LogP contribution in [-0.4, -0.2) is 60.0 Å². The Hall–Kier alpha value is -1.85. The molecule has 0 unspecified atom stereocenters. The van der Waals surface area contributed by atoms with Crippen LogP contribution in [0.15, 0.2) is 6.07 Å². The molecular formula is C23H37N5O. The molecule has 1 amide bonds. The van der Waals surface area contributed by atoms with Gasteiger partial charge in [-0.25, -0.2) is 9.97 Å². The van der Waals surface area contributed by atoms with Gasteiger partial charge in [0.2, 0.25) is 5.91 Å². The third kappa shape index (κ3) is 5.40. The zero-order valence-electron chi connectivity index (χ0n) is 18.1. The number of aryl methyl sites for hydroxylation is 1. The molecule has 3 aliphatic rings. The number of rotatable bonds is 5. The van der Waals surface area contributed by atoms with Crippen molar-refractivity contribution in [2.75, 3.05) is 49.1 Å². The highest BCUT2D eigenvalue weighted by molar-refractivity contribution is 5.76. The third-order valence-corrected chi connectivity index (χ3v) is 6.94. The first kappa shape index (κ1) is 20.4. The van der Waals surface area contributed by atoms with Crippen molar-refractivity contribution in [3.8, 4) is 0 Å². The van der Waals surface area contributed by atoms with E-state index < -0.39 is 0 Å². The molecule has 0 N–H and O–H groups in total. The first-order valence-corrected chi connectivity index (χ1v) is 11.8. The minimum absolute atomic E-state index is 0.350. The van der Waals surface area contributed by atoms with E-state index in [1.165, 1.54) is 51.4 Å². The summed E-state index contributed by atoms with van der Waals surface area (Å²) in [5, 5.41) is 0. The number of anilines is 2. The molecular weight excluding hydrogens is 362 g/mol. The second kappa shape index (κ2) is 9.77. The molecule has 2 saturated heterocycles. The number of aromatic nitrogens is 2. The lowest BCUT2D eigenvalue weighted by atomic mass is 9.86. The van der Waals surface area contributed by atoms with E-state index in [1.807, 2.05) is 6.92 Å². The lowest BCUT2D eigenvalue weighted by Crippen LogP contribution is -2.49. The van der Waals surface area contributed by atoms with Gasteiger partial charge >= 0.3 is 0 Å². The van der Waals surface area contributed by atoms with Gasteiger partial charge in [-0.1, -0.05) is 32.1 Å². The Balaban J connectivity index is 1.29. The third-order valence-electron chi connectivity index (χ3n) is 6.94. The highest BCUT2D eigenvalue weighted by Gasteiger charge is 2.24. The van der Waals surface area contributed by atoms with E-state index in [1.54, 1.807) is 0 Å². The number of piperazine rings is 1. The number of nitrogens with zero attached hydrogens (tertiary/aromatic N) is 5. The Kier molecular flexibility index (Phi) is 6.88. The molecule has 0 spiro atoms. The van der Waals surface area contributed by atoms with Gasteiger partial charge in [-0.15, -0.1) is 0 Å². The van der Waals surface area contributed by atoms with Crippen molar-refractivity contribution < 1.29 is 4.79 Å². The number of carbonyl (C=O) groups excluding carboxylic acids is 1. The molecule has 0 bridgehead atoms. The first-order chi connectivity index (χ1) is 14.2. The molecule has 1 aromatic rings. The van der Waals surface area contributed by atoms with E-state index in [9.17, 15) is 4.79 Å². The van der Waals surface area contributed by atoms with Crippen molar-refractivity contribution in [3.05, 3.63) is 11.9 Å². The zero-order chi connectivity index (χ0) is 20.1. The normalized spacial score (nSPS) is 21.5. The molecule has 4 rings (SSSR count). The van der Waals surface area contributed by atoms with Crippen molar-refractivity contribution >= 4 is 17.5 Å². The van der Waals surface area contributed by atoms with Crippen LogP contribution in [0.25, 0.3) is 0 Å². The van der Waals surface area contributed by atoms with Gasteiger partial charge in [0.15, 0.2) is 0 Å². The maximum atomic E-state index is 12.7. The van der Waals surface area contributed by atoms with Crippen molar-refractivity contribution in [1.82, 2.24) is 14.9 Å². The summed E-state index contributed by atoms with van der Waals surface area (Å²) >= 11 is 0. The number of hydrogen-bond donors (Lipinski definition) is 0. The van der Waals surface area contributed by atoms with Gasteiger partial charge in [0, 0.05) is 51.8 Å². The topological polar surface area (TPSA) is 52.6 Å². The summed E-state index contributed by atoms with van der Waals surface area (Å²) in [5.41, 5.74) is 0. The van der Waals surface area contributed by atoms with E-state index in [0.29, 0.717) is 5.91 Å². The summed E-state index contributed by atoms with van der Waals surface area (Å²) < 4.78 is 0. The van der Waals surface area contributed by atoms with E-state index in [-0.39, 0.29) is 0 Å². The number of hydrogen-bond acceptors (Lipinski definition) is 5. The predicted octanol–water partition coefficient (Wildman–Crippen LogP) is 3.78. The van der Waals surface area contributed by atoms with Crippen LogP contribution in [0.1, 0.15) is 70.0 Å². The average molecular weight is 400 g/mol. The highest BCUT2D eigenvalue weighted by Crippen LogP contribution is 2.28. The van der Waals surface area contributed by atoms with Gasteiger partial charge in [0.1, 0.15) is 17.5 Å². The Labute approximate surface area is 175 Å². The second-order valence-electron chi connectivity index (χ2n) is 9.09. The number of amides is 1. The minimum Gasteiger partial charge on any atom is -0.356 e. The maximum Gasteiger partial charge on any atom is 0.222 e. The fraction of sp³-hybridized carbons (Fsp3) is 0.783. The molecule has 6 nitrogen and oxygen atoms in total. The Morgan fingerprint density at radius 1 is 0.862 bits per heavy atom. The summed E-state index contributed by atoms with van der Waals surface area (Å²) in [5.74, 6) is 4.06. The molecule has 6 heteroatoms. The highest BCUT2D eigenvalue weighted by atomic mass is 16.2. The largest absolute Gasteiger partial charge is 0.356 e. The molecule has 29 heavy (non-hydrogen) atoms. The van der Waals surface area contributed by atoms with Crippen LogP contribution in [0.3, 0.4) is 0 Å². The molecule has 3 heterocycles. The molecule has 3 fully saturated rings. The SMILES string of the molecule is Cc1nc(N2CCCCC2)cc(N2CCN(C(=O)CCC3CCCCC3)CC2)n1. The monoisotopic (exact) mass is 399 g/mol. The first-order valence-electron chi connectivity index (χ1n) is 11.8. The van der Waals surface area contributed by atoms with Crippen molar-refractivity contribution in [2.45, 2.75) is 71.1 Å². The van der Waals surface area contributed by atoms with Crippen molar-refractivity contribution in [2.24, 2.45) is 5.92 Å². The Morgan fingerprint density at radius 3 is 2.10 bits per heavy atom. The molecule has 2 aliphatic heterocycles. The summed E-state index contributed by atoms with van der Waals surface area (Å²) in [4.78, 5) is 28.9. The quantitative estimate of drug-likeness (QED) is 0.754. The summed E-state index contributed by atoms with van der Waals surface area (Å²) in [6.07, 6.45) is 12.4. The van der Waals surface area contributed by atoms with Crippen molar-refractivity contribution in [1.29, 1.82) is 0 Å². The standard InChI is InChI=1S/C23H37N5O/c1-19-24-21(26-12-6-3-7-13-26)18-22(25-19)27-14-16-28(17-15-27)23(29)11-10-20-8-4-2-5-9-20/h18,20H,2-17H2,1H3. The van der Waals surface area contributed by atoms with Gasteiger partial charge in [-0.05, 0) is 38.5 Å². The fourth-order valence-electron chi connectivity index (χ4n) is 5.13. The Morgan fingerprint density at radius 2 is 1.45 bits per heavy atom. The molecule has 0 atom stereocenters. The van der Waals surface area contributed by atoms with E-state index in [4.69, 9.17) is 4.98 Å². The summed E-state index contributed by atoms with van der Waals surface area (Å²) in [7, 11) is 0. The molecule has 1 aliphatic carbocycles. The van der Waals surface area contributed by atoms with Crippen LogP contribution >= 0.6 is 0 Å². The molecule has 160 valence electrons. The number of carbonyl (C=O) groups is 1. The maximum absolute atomic E-state index is 12.7. The second-order valence-corrected chi connectivity index (χ2v) is 9.09. The van der Waals surface area contributed by atoms with Crippen molar-refractivity contribution in [3.63, 3.8) is 0 Å². The minimum atomic E-state index is 0.350. The lowest BCUT2D eigenvalue weighted by molar-refractivity contribution is -0.131. The summed E-state index contributed by atoms with van der Waals surface area (Å²) in [6.45, 7) is 7.54. The lowest BCUT2D eigenvalue weighted by Gasteiger charge is -2.36. The summed E-state index contributed by atoms with van der Waals surface area (Å²) in [6, 6.07) is 2.15. The van der Waals surface area contributed by atoms with Gasteiger partial charge in [-0.3, -0.25) is 4.79 Å². The average Bonchev–Trinajstić information content (AvgIpc) is 2.78.